The molecule has 1 fully saturated rings. The molecule has 0 bridgehead atoms. The zero-order chi connectivity index (χ0) is 10.8. The minimum absolute atomic E-state index is 0.375. The van der Waals surface area contributed by atoms with Crippen molar-refractivity contribution in [3.63, 3.8) is 0 Å². The van der Waals surface area contributed by atoms with Crippen molar-refractivity contribution in [1.29, 1.82) is 0 Å². The highest BCUT2D eigenvalue weighted by Crippen LogP contribution is 2.19. The van der Waals surface area contributed by atoms with Crippen molar-refractivity contribution >= 4 is 5.97 Å². The number of carboxylic acids is 1. The van der Waals surface area contributed by atoms with Crippen LogP contribution in [0.3, 0.4) is 0 Å². The molecule has 0 aromatic carbocycles. The third kappa shape index (κ3) is 2.02. The smallest absolute Gasteiger partial charge is 0.310 e. The summed E-state index contributed by atoms with van der Waals surface area (Å²) in [4.78, 5) is 10.8. The van der Waals surface area contributed by atoms with E-state index < -0.39 is 11.9 Å². The highest BCUT2D eigenvalue weighted by molar-refractivity contribution is 5.75. The molecule has 5 nitrogen and oxygen atoms in total. The van der Waals surface area contributed by atoms with Crippen LogP contribution in [0.4, 0.5) is 0 Å². The number of carbonyl (C=O) groups is 1. The Morgan fingerprint density at radius 3 is 3.20 bits per heavy atom. The monoisotopic (exact) mass is 209 g/mol. The first-order chi connectivity index (χ1) is 7.18. The van der Waals surface area contributed by atoms with E-state index in [9.17, 15) is 4.79 Å². The molecule has 1 aromatic rings. The van der Waals surface area contributed by atoms with Crippen LogP contribution in [-0.2, 0) is 4.79 Å². The molecule has 1 aromatic heterocycles. The molecule has 1 aliphatic rings. The van der Waals surface area contributed by atoms with Crippen LogP contribution in [0.5, 0.6) is 0 Å². The molecule has 0 spiro atoms. The van der Waals surface area contributed by atoms with Gasteiger partial charge in [-0.15, -0.1) is 0 Å². The Morgan fingerprint density at radius 1 is 1.80 bits per heavy atom. The summed E-state index contributed by atoms with van der Waals surface area (Å²) < 4.78 is 1.87. The van der Waals surface area contributed by atoms with Crippen LogP contribution < -0.4 is 5.32 Å². The molecule has 15 heavy (non-hydrogen) atoms. The molecule has 1 saturated heterocycles. The van der Waals surface area contributed by atoms with E-state index in [0.717, 1.165) is 25.1 Å². The van der Waals surface area contributed by atoms with Gasteiger partial charge in [-0.1, -0.05) is 0 Å². The Balaban J connectivity index is 2.12. The predicted molar refractivity (Wildman–Crippen MR) is 54.8 cm³/mol. The summed E-state index contributed by atoms with van der Waals surface area (Å²) in [5.74, 6) is -1.28. The average molecular weight is 209 g/mol. The van der Waals surface area contributed by atoms with Crippen LogP contribution in [0, 0.1) is 0 Å². The first-order valence-electron chi connectivity index (χ1n) is 5.16. The molecule has 0 aliphatic carbocycles. The first-order valence-corrected chi connectivity index (χ1v) is 5.16. The Labute approximate surface area is 88.1 Å². The van der Waals surface area contributed by atoms with Gasteiger partial charge in [-0.3, -0.25) is 9.48 Å². The lowest BCUT2D eigenvalue weighted by Gasteiger charge is -2.08. The molecule has 5 heteroatoms. The van der Waals surface area contributed by atoms with Gasteiger partial charge in [-0.25, -0.2) is 0 Å². The number of nitrogens with zero attached hydrogens (tertiary/aromatic N) is 2. The summed E-state index contributed by atoms with van der Waals surface area (Å²) in [5.41, 5.74) is 0.773. The normalized spacial score (nSPS) is 22.9. The van der Waals surface area contributed by atoms with E-state index in [1.807, 2.05) is 10.9 Å². The Morgan fingerprint density at radius 2 is 2.60 bits per heavy atom. The maximum Gasteiger partial charge on any atom is 0.310 e. The number of nitrogens with one attached hydrogen (secondary N) is 1. The fourth-order valence-electron chi connectivity index (χ4n) is 1.78. The fourth-order valence-corrected chi connectivity index (χ4v) is 1.78. The summed E-state index contributed by atoms with van der Waals surface area (Å²) in [5, 5.41) is 16.3. The lowest BCUT2D eigenvalue weighted by Crippen LogP contribution is -2.13. The van der Waals surface area contributed by atoms with E-state index in [2.05, 4.69) is 10.4 Å². The predicted octanol–water partition coefficient (Wildman–Crippen LogP) is 0.606. The zero-order valence-corrected chi connectivity index (χ0v) is 8.68. The van der Waals surface area contributed by atoms with Crippen molar-refractivity contribution in [2.45, 2.75) is 25.3 Å². The molecule has 82 valence electrons. The van der Waals surface area contributed by atoms with Gasteiger partial charge in [-0.2, -0.15) is 5.10 Å². The highest BCUT2D eigenvalue weighted by Gasteiger charge is 2.20. The third-order valence-corrected chi connectivity index (χ3v) is 2.90. The molecular formula is C10H15N3O2. The van der Waals surface area contributed by atoms with Gasteiger partial charge in [0.2, 0.25) is 0 Å². The van der Waals surface area contributed by atoms with Crippen LogP contribution >= 0.6 is 0 Å². The van der Waals surface area contributed by atoms with Crippen LogP contribution in [0.2, 0.25) is 0 Å². The van der Waals surface area contributed by atoms with Gasteiger partial charge in [0.05, 0.1) is 18.2 Å². The van der Waals surface area contributed by atoms with Gasteiger partial charge in [0.1, 0.15) is 0 Å². The zero-order valence-electron chi connectivity index (χ0n) is 8.68. The van der Waals surface area contributed by atoms with E-state index in [0.29, 0.717) is 6.04 Å². The second-order valence-corrected chi connectivity index (χ2v) is 3.96. The van der Waals surface area contributed by atoms with Crippen LogP contribution in [0.15, 0.2) is 12.4 Å². The molecule has 2 rings (SSSR count). The van der Waals surface area contributed by atoms with Crippen LogP contribution in [0.1, 0.15) is 30.9 Å². The summed E-state index contributed by atoms with van der Waals surface area (Å²) >= 11 is 0. The van der Waals surface area contributed by atoms with Gasteiger partial charge >= 0.3 is 5.97 Å². The first kappa shape index (κ1) is 10.2. The topological polar surface area (TPSA) is 67.1 Å². The number of carboxylic acid groups (broad SMARTS) is 1. The van der Waals surface area contributed by atoms with Gasteiger partial charge in [0.25, 0.3) is 0 Å². The number of hydrogen-bond donors (Lipinski definition) is 2. The van der Waals surface area contributed by atoms with Gasteiger partial charge in [0.15, 0.2) is 0 Å². The third-order valence-electron chi connectivity index (χ3n) is 2.90. The SMILES string of the molecule is CC(C(=O)O)c1cnn(C2CCNC2)c1. The Hall–Kier alpha value is -1.36. The quantitative estimate of drug-likeness (QED) is 0.765. The number of aliphatic carboxylic acids is 1. The maximum atomic E-state index is 10.8. The van der Waals surface area contributed by atoms with E-state index >= 15 is 0 Å². The van der Waals surface area contributed by atoms with E-state index in [4.69, 9.17) is 5.11 Å². The molecule has 0 saturated carbocycles. The molecule has 2 heterocycles. The number of hydrogen-bond acceptors (Lipinski definition) is 3. The molecule has 2 N–H and O–H groups in total. The minimum Gasteiger partial charge on any atom is -0.481 e. The lowest BCUT2D eigenvalue weighted by molar-refractivity contribution is -0.138. The van der Waals surface area contributed by atoms with Crippen LogP contribution in [-0.4, -0.2) is 33.9 Å². The van der Waals surface area contributed by atoms with Crippen LogP contribution in [0.25, 0.3) is 0 Å². The van der Waals surface area contributed by atoms with Crippen molar-refractivity contribution in [3.8, 4) is 0 Å². The minimum atomic E-state index is -0.806. The second-order valence-electron chi connectivity index (χ2n) is 3.96. The molecule has 2 atom stereocenters. The largest absolute Gasteiger partial charge is 0.481 e. The standard InChI is InChI=1S/C10H15N3O2/c1-7(10(14)15)8-4-12-13(6-8)9-2-3-11-5-9/h4,6-7,9,11H,2-3,5H2,1H3,(H,14,15). The molecule has 0 radical (unpaired) electrons. The van der Waals surface area contributed by atoms with Gasteiger partial charge < -0.3 is 10.4 Å². The van der Waals surface area contributed by atoms with E-state index in [1.54, 1.807) is 13.1 Å². The Bertz CT molecular complexity index is 355. The summed E-state index contributed by atoms with van der Waals surface area (Å²) in [6.45, 7) is 3.60. The molecular weight excluding hydrogens is 194 g/mol. The average Bonchev–Trinajstić information content (AvgIpc) is 2.86. The lowest BCUT2D eigenvalue weighted by atomic mass is 10.1. The van der Waals surface area contributed by atoms with Crippen molar-refractivity contribution in [3.05, 3.63) is 18.0 Å². The summed E-state index contributed by atoms with van der Waals surface area (Å²) in [6, 6.07) is 0.375. The number of rotatable bonds is 3. The molecule has 2 unspecified atom stereocenters. The summed E-state index contributed by atoms with van der Waals surface area (Å²) in [6.07, 6.45) is 4.55. The van der Waals surface area contributed by atoms with Crippen molar-refractivity contribution in [2.24, 2.45) is 0 Å². The van der Waals surface area contributed by atoms with Crippen molar-refractivity contribution in [2.75, 3.05) is 13.1 Å². The highest BCUT2D eigenvalue weighted by atomic mass is 16.4. The van der Waals surface area contributed by atoms with Crippen molar-refractivity contribution < 1.29 is 9.90 Å². The number of aromatic nitrogens is 2. The Kier molecular flexibility index (Phi) is 2.73. The van der Waals surface area contributed by atoms with Gasteiger partial charge in [0, 0.05) is 18.3 Å². The molecule has 1 aliphatic heterocycles. The fraction of sp³-hybridized carbons (Fsp3) is 0.600. The second kappa shape index (κ2) is 4.02. The maximum absolute atomic E-state index is 10.8. The molecule has 0 amide bonds. The van der Waals surface area contributed by atoms with E-state index in [1.165, 1.54) is 0 Å². The van der Waals surface area contributed by atoms with E-state index in [-0.39, 0.29) is 0 Å². The summed E-state index contributed by atoms with van der Waals surface area (Å²) in [7, 11) is 0. The van der Waals surface area contributed by atoms with Gasteiger partial charge in [-0.05, 0) is 19.9 Å². The van der Waals surface area contributed by atoms with Crippen molar-refractivity contribution in [1.82, 2.24) is 15.1 Å².